The highest BCUT2D eigenvalue weighted by atomic mass is 32.2. The van der Waals surface area contributed by atoms with Crippen molar-refractivity contribution in [2.24, 2.45) is 5.10 Å². The number of nitrogens with one attached hydrogen (secondary N) is 1. The highest BCUT2D eigenvalue weighted by Crippen LogP contribution is 2.29. The van der Waals surface area contributed by atoms with E-state index in [1.807, 2.05) is 6.92 Å². The lowest BCUT2D eigenvalue weighted by atomic mass is 10.0. The topological polar surface area (TPSA) is 105 Å². The van der Waals surface area contributed by atoms with Crippen LogP contribution in [0.2, 0.25) is 0 Å². The average molecular weight is 313 g/mol. The predicted octanol–water partition coefficient (Wildman–Crippen LogP) is 0.00480. The van der Waals surface area contributed by atoms with Crippen molar-refractivity contribution in [3.8, 4) is 0 Å². The van der Waals surface area contributed by atoms with Gasteiger partial charge in [0.05, 0.1) is 18.2 Å². The lowest BCUT2D eigenvalue weighted by molar-refractivity contribution is 0.265. The van der Waals surface area contributed by atoms with Crippen molar-refractivity contribution >= 4 is 26.2 Å². The maximum absolute atomic E-state index is 12.0. The molecule has 0 aromatic heterocycles. The summed E-state index contributed by atoms with van der Waals surface area (Å²) >= 11 is 0. The van der Waals surface area contributed by atoms with E-state index in [0.717, 1.165) is 10.7 Å². The molecule has 0 radical (unpaired) electrons. The van der Waals surface area contributed by atoms with Crippen LogP contribution in [0.3, 0.4) is 0 Å². The van der Waals surface area contributed by atoms with Crippen molar-refractivity contribution in [2.75, 3.05) is 12.8 Å². The minimum atomic E-state index is -3.80. The molecule has 0 fully saturated rings. The molecule has 0 unspecified atom stereocenters. The SMILES string of the molecule is CCCNS(=O)(=O)N1N=C(OS(C)(=O)=O)CC1(C)C. The molecule has 0 amide bonds. The first-order valence-electron chi connectivity index (χ1n) is 5.75. The number of hydrogen-bond donors (Lipinski definition) is 1. The molecule has 1 heterocycles. The van der Waals surface area contributed by atoms with E-state index in [4.69, 9.17) is 0 Å². The third kappa shape index (κ3) is 4.32. The maximum Gasteiger partial charge on any atom is 0.317 e. The van der Waals surface area contributed by atoms with Gasteiger partial charge < -0.3 is 4.18 Å². The smallest absolute Gasteiger partial charge is 0.317 e. The Hall–Kier alpha value is -0.870. The molecule has 0 saturated heterocycles. The van der Waals surface area contributed by atoms with Crippen LogP contribution >= 0.6 is 0 Å². The first-order chi connectivity index (χ1) is 8.48. The second-order valence-corrected chi connectivity index (χ2v) is 8.07. The van der Waals surface area contributed by atoms with Crippen LogP contribution in [-0.4, -0.2) is 45.5 Å². The van der Waals surface area contributed by atoms with Crippen LogP contribution in [0.25, 0.3) is 0 Å². The second kappa shape index (κ2) is 5.25. The van der Waals surface area contributed by atoms with E-state index >= 15 is 0 Å². The first-order valence-corrected chi connectivity index (χ1v) is 9.00. The quantitative estimate of drug-likeness (QED) is 0.720. The van der Waals surface area contributed by atoms with Crippen molar-refractivity contribution in [1.82, 2.24) is 9.14 Å². The van der Waals surface area contributed by atoms with Crippen molar-refractivity contribution in [1.29, 1.82) is 0 Å². The Morgan fingerprint density at radius 2 is 1.95 bits per heavy atom. The molecular weight excluding hydrogens is 294 g/mol. The summed E-state index contributed by atoms with van der Waals surface area (Å²) in [6.45, 7) is 5.40. The van der Waals surface area contributed by atoms with E-state index in [9.17, 15) is 16.8 Å². The highest BCUT2D eigenvalue weighted by Gasteiger charge is 2.43. The van der Waals surface area contributed by atoms with Crippen molar-refractivity contribution < 1.29 is 21.0 Å². The molecule has 1 N–H and O–H groups in total. The van der Waals surface area contributed by atoms with Gasteiger partial charge in [0.25, 0.3) is 0 Å². The monoisotopic (exact) mass is 313 g/mol. The summed E-state index contributed by atoms with van der Waals surface area (Å²) in [4.78, 5) is 0. The largest absolute Gasteiger partial charge is 0.365 e. The molecular formula is C9H19N3O5S2. The van der Waals surface area contributed by atoms with Crippen LogP contribution in [0.5, 0.6) is 0 Å². The van der Waals surface area contributed by atoms with Crippen molar-refractivity contribution in [2.45, 2.75) is 39.2 Å². The standard InChI is InChI=1S/C9H19N3O5S2/c1-5-6-10-19(15,16)12-9(2,3)7-8(11-12)17-18(4,13)14/h10H,5-7H2,1-4H3. The van der Waals surface area contributed by atoms with Gasteiger partial charge in [-0.05, 0) is 20.3 Å². The summed E-state index contributed by atoms with van der Waals surface area (Å²) in [5.41, 5.74) is -0.875. The van der Waals surface area contributed by atoms with Crippen LogP contribution in [0, 0.1) is 0 Å². The van der Waals surface area contributed by atoms with Gasteiger partial charge in [-0.1, -0.05) is 6.92 Å². The third-order valence-electron chi connectivity index (χ3n) is 2.31. The minimum Gasteiger partial charge on any atom is -0.365 e. The molecule has 0 spiro atoms. The lowest BCUT2D eigenvalue weighted by Gasteiger charge is -2.28. The fourth-order valence-corrected chi connectivity index (χ4v) is 3.54. The maximum atomic E-state index is 12.0. The van der Waals surface area contributed by atoms with Gasteiger partial charge in [0.1, 0.15) is 0 Å². The highest BCUT2D eigenvalue weighted by molar-refractivity contribution is 7.87. The Labute approximate surface area is 114 Å². The number of nitrogens with zero attached hydrogens (tertiary/aromatic N) is 2. The second-order valence-electron chi connectivity index (χ2n) is 4.91. The van der Waals surface area contributed by atoms with Crippen LogP contribution in [0.4, 0.5) is 0 Å². The Kier molecular flexibility index (Phi) is 4.47. The summed E-state index contributed by atoms with van der Waals surface area (Å²) < 4.78 is 54.0. The molecule has 0 atom stereocenters. The summed E-state index contributed by atoms with van der Waals surface area (Å²) in [6, 6.07) is 0. The van der Waals surface area contributed by atoms with Gasteiger partial charge in [0.2, 0.25) is 5.90 Å². The lowest BCUT2D eigenvalue weighted by Crippen LogP contribution is -2.46. The zero-order chi connectivity index (χ0) is 14.9. The summed E-state index contributed by atoms with van der Waals surface area (Å²) in [5.74, 6) is -0.130. The first kappa shape index (κ1) is 16.2. The third-order valence-corrected chi connectivity index (χ3v) is 4.41. The van der Waals surface area contributed by atoms with Gasteiger partial charge in [-0.3, -0.25) is 0 Å². The van der Waals surface area contributed by atoms with Gasteiger partial charge in [0, 0.05) is 6.54 Å². The Bertz CT molecular complexity index is 565. The van der Waals surface area contributed by atoms with E-state index < -0.39 is 25.9 Å². The van der Waals surface area contributed by atoms with Crippen LogP contribution in [0.1, 0.15) is 33.6 Å². The molecule has 0 bridgehead atoms. The molecule has 1 aliphatic rings. The van der Waals surface area contributed by atoms with Crippen molar-refractivity contribution in [3.63, 3.8) is 0 Å². The Morgan fingerprint density at radius 1 is 1.37 bits per heavy atom. The predicted molar refractivity (Wildman–Crippen MR) is 71.1 cm³/mol. The Morgan fingerprint density at radius 3 is 2.42 bits per heavy atom. The van der Waals surface area contributed by atoms with Crippen LogP contribution in [-0.2, 0) is 24.5 Å². The molecule has 0 saturated carbocycles. The van der Waals surface area contributed by atoms with Gasteiger partial charge in [0.15, 0.2) is 0 Å². The van der Waals surface area contributed by atoms with E-state index in [1.54, 1.807) is 13.8 Å². The van der Waals surface area contributed by atoms with Gasteiger partial charge in [-0.2, -0.15) is 26.0 Å². The molecule has 8 nitrogen and oxygen atoms in total. The summed E-state index contributed by atoms with van der Waals surface area (Å²) in [5, 5.41) is 3.75. The zero-order valence-corrected chi connectivity index (χ0v) is 13.0. The van der Waals surface area contributed by atoms with E-state index in [-0.39, 0.29) is 18.9 Å². The molecule has 1 aliphatic heterocycles. The van der Waals surface area contributed by atoms with Crippen molar-refractivity contribution in [3.05, 3.63) is 0 Å². The molecule has 0 aliphatic carbocycles. The van der Waals surface area contributed by atoms with E-state index in [1.165, 1.54) is 0 Å². The number of hydrogen-bond acceptors (Lipinski definition) is 6. The van der Waals surface area contributed by atoms with E-state index in [2.05, 4.69) is 14.0 Å². The average Bonchev–Trinajstić information content (AvgIpc) is 2.48. The molecule has 19 heavy (non-hydrogen) atoms. The minimum absolute atomic E-state index is 0.0904. The molecule has 0 aromatic rings. The van der Waals surface area contributed by atoms with Gasteiger partial charge in [-0.25, -0.2) is 0 Å². The van der Waals surface area contributed by atoms with E-state index in [0.29, 0.717) is 6.42 Å². The molecule has 10 heteroatoms. The summed E-state index contributed by atoms with van der Waals surface area (Å²) in [7, 11) is -7.51. The fraction of sp³-hybridized carbons (Fsp3) is 0.889. The number of rotatable bonds is 5. The Balaban J connectivity index is 2.99. The summed E-state index contributed by atoms with van der Waals surface area (Å²) in [6.07, 6.45) is 1.62. The number of hydrazone groups is 1. The van der Waals surface area contributed by atoms with Gasteiger partial charge >= 0.3 is 20.3 Å². The molecule has 112 valence electrons. The molecule has 0 aromatic carbocycles. The normalized spacial score (nSPS) is 19.4. The molecule has 1 rings (SSSR count). The van der Waals surface area contributed by atoms with Crippen LogP contribution in [0.15, 0.2) is 5.10 Å². The zero-order valence-electron chi connectivity index (χ0n) is 11.4. The van der Waals surface area contributed by atoms with Crippen LogP contribution < -0.4 is 4.72 Å². The van der Waals surface area contributed by atoms with Gasteiger partial charge in [-0.15, -0.1) is 5.10 Å². The fourth-order valence-electron chi connectivity index (χ4n) is 1.60.